The van der Waals surface area contributed by atoms with Crippen LogP contribution in [0, 0.1) is 23.2 Å². The van der Waals surface area contributed by atoms with Crippen molar-refractivity contribution in [1.29, 1.82) is 5.26 Å². The molecule has 0 saturated heterocycles. The second-order valence-corrected chi connectivity index (χ2v) is 5.05. The number of nitrogens with one attached hydrogen (secondary N) is 1. The third-order valence-electron chi connectivity index (χ3n) is 3.29. The van der Waals surface area contributed by atoms with E-state index in [1.807, 2.05) is 13.8 Å². The van der Waals surface area contributed by atoms with E-state index in [0.717, 1.165) is 12.8 Å². The molecule has 1 aliphatic carbocycles. The van der Waals surface area contributed by atoms with Gasteiger partial charge in [0.2, 0.25) is 5.91 Å². The molecule has 0 aliphatic heterocycles. The van der Waals surface area contributed by atoms with E-state index in [-0.39, 0.29) is 11.8 Å². The lowest BCUT2D eigenvalue weighted by Gasteiger charge is -2.19. The lowest BCUT2D eigenvalue weighted by atomic mass is 9.96. The second-order valence-electron chi connectivity index (χ2n) is 5.05. The topological polar surface area (TPSA) is 52.9 Å². The van der Waals surface area contributed by atoms with Crippen molar-refractivity contribution in [2.45, 2.75) is 58.4 Å². The molecule has 0 radical (unpaired) electrons. The molecule has 1 aliphatic rings. The first-order valence-corrected chi connectivity index (χ1v) is 6.35. The monoisotopic (exact) mass is 222 g/mol. The van der Waals surface area contributed by atoms with Crippen molar-refractivity contribution >= 4 is 5.91 Å². The third kappa shape index (κ3) is 3.84. The first kappa shape index (κ1) is 13.0. The SMILES string of the molecule is CC(C)C(C#N)C(=O)NC1CCCCCC1. The molecule has 1 atom stereocenters. The van der Waals surface area contributed by atoms with Gasteiger partial charge in [-0.25, -0.2) is 0 Å². The number of rotatable bonds is 3. The minimum atomic E-state index is -0.497. The molecule has 1 amide bonds. The summed E-state index contributed by atoms with van der Waals surface area (Å²) < 4.78 is 0. The van der Waals surface area contributed by atoms with Gasteiger partial charge in [-0.1, -0.05) is 39.5 Å². The largest absolute Gasteiger partial charge is 0.352 e. The van der Waals surface area contributed by atoms with Gasteiger partial charge in [0.25, 0.3) is 0 Å². The van der Waals surface area contributed by atoms with Crippen LogP contribution in [0.3, 0.4) is 0 Å². The molecule has 0 bridgehead atoms. The zero-order valence-electron chi connectivity index (χ0n) is 10.3. The molecule has 1 fully saturated rings. The van der Waals surface area contributed by atoms with Crippen molar-refractivity contribution < 1.29 is 4.79 Å². The highest BCUT2D eigenvalue weighted by molar-refractivity contribution is 5.81. The van der Waals surface area contributed by atoms with Crippen molar-refractivity contribution in [2.24, 2.45) is 11.8 Å². The molecule has 0 spiro atoms. The Morgan fingerprint density at radius 2 is 1.81 bits per heavy atom. The Morgan fingerprint density at radius 1 is 1.25 bits per heavy atom. The van der Waals surface area contributed by atoms with Gasteiger partial charge >= 0.3 is 0 Å². The van der Waals surface area contributed by atoms with Crippen molar-refractivity contribution in [1.82, 2.24) is 5.32 Å². The maximum atomic E-state index is 11.9. The molecule has 3 nitrogen and oxygen atoms in total. The average Bonchev–Trinajstić information content (AvgIpc) is 2.46. The number of nitrogens with zero attached hydrogens (tertiary/aromatic N) is 1. The summed E-state index contributed by atoms with van der Waals surface area (Å²) in [5.74, 6) is -0.483. The Kier molecular flexibility index (Phi) is 5.31. The zero-order valence-corrected chi connectivity index (χ0v) is 10.3. The van der Waals surface area contributed by atoms with E-state index in [0.29, 0.717) is 6.04 Å². The Labute approximate surface area is 98.2 Å². The molecule has 16 heavy (non-hydrogen) atoms. The van der Waals surface area contributed by atoms with Gasteiger partial charge in [-0.15, -0.1) is 0 Å². The van der Waals surface area contributed by atoms with Crippen molar-refractivity contribution in [3.63, 3.8) is 0 Å². The highest BCUT2D eigenvalue weighted by Crippen LogP contribution is 2.18. The van der Waals surface area contributed by atoms with Crippen LogP contribution >= 0.6 is 0 Å². The van der Waals surface area contributed by atoms with Crippen LogP contribution in [0.5, 0.6) is 0 Å². The van der Waals surface area contributed by atoms with Crippen LogP contribution < -0.4 is 5.32 Å². The van der Waals surface area contributed by atoms with E-state index < -0.39 is 5.92 Å². The summed E-state index contributed by atoms with van der Waals surface area (Å²) in [6, 6.07) is 2.39. The molecule has 3 heteroatoms. The second kappa shape index (κ2) is 6.52. The number of hydrogen-bond donors (Lipinski definition) is 1. The molecule has 0 aromatic carbocycles. The van der Waals surface area contributed by atoms with Gasteiger partial charge in [0, 0.05) is 6.04 Å². The summed E-state index contributed by atoms with van der Waals surface area (Å²) in [7, 11) is 0. The van der Waals surface area contributed by atoms with Gasteiger partial charge in [-0.3, -0.25) is 4.79 Å². The van der Waals surface area contributed by atoms with Crippen LogP contribution in [0.4, 0.5) is 0 Å². The van der Waals surface area contributed by atoms with Gasteiger partial charge < -0.3 is 5.32 Å². The molecular weight excluding hydrogens is 200 g/mol. The van der Waals surface area contributed by atoms with Gasteiger partial charge in [0.05, 0.1) is 6.07 Å². The smallest absolute Gasteiger partial charge is 0.237 e. The predicted octanol–water partition coefficient (Wildman–Crippen LogP) is 2.62. The zero-order chi connectivity index (χ0) is 12.0. The van der Waals surface area contributed by atoms with Crippen molar-refractivity contribution in [3.05, 3.63) is 0 Å². The van der Waals surface area contributed by atoms with E-state index >= 15 is 0 Å². The van der Waals surface area contributed by atoms with Crippen LogP contribution in [-0.4, -0.2) is 11.9 Å². The van der Waals surface area contributed by atoms with Crippen LogP contribution in [0.25, 0.3) is 0 Å². The molecule has 1 N–H and O–H groups in total. The van der Waals surface area contributed by atoms with Crippen molar-refractivity contribution in [3.8, 4) is 6.07 Å². The van der Waals surface area contributed by atoms with Gasteiger partial charge in [-0.2, -0.15) is 5.26 Å². The number of nitriles is 1. The first-order chi connectivity index (χ1) is 7.65. The average molecular weight is 222 g/mol. The Morgan fingerprint density at radius 3 is 2.25 bits per heavy atom. The lowest BCUT2D eigenvalue weighted by Crippen LogP contribution is -2.39. The fraction of sp³-hybridized carbons (Fsp3) is 0.846. The molecular formula is C13H22N2O. The fourth-order valence-electron chi connectivity index (χ4n) is 2.23. The van der Waals surface area contributed by atoms with Crippen LogP contribution in [-0.2, 0) is 4.79 Å². The molecule has 0 aromatic rings. The Balaban J connectivity index is 2.46. The Hall–Kier alpha value is -1.04. The van der Waals surface area contributed by atoms with E-state index in [1.165, 1.54) is 25.7 Å². The number of hydrogen-bond acceptors (Lipinski definition) is 2. The Bertz CT molecular complexity index is 260. The first-order valence-electron chi connectivity index (χ1n) is 6.35. The molecule has 1 unspecified atom stereocenters. The highest BCUT2D eigenvalue weighted by Gasteiger charge is 2.24. The molecule has 0 aromatic heterocycles. The molecule has 0 heterocycles. The fourth-order valence-corrected chi connectivity index (χ4v) is 2.23. The van der Waals surface area contributed by atoms with E-state index in [4.69, 9.17) is 5.26 Å². The van der Waals surface area contributed by atoms with Crippen LogP contribution in [0.2, 0.25) is 0 Å². The van der Waals surface area contributed by atoms with Gasteiger partial charge in [-0.05, 0) is 18.8 Å². The summed E-state index contributed by atoms with van der Waals surface area (Å²) in [6.07, 6.45) is 7.09. The number of amides is 1. The summed E-state index contributed by atoms with van der Waals surface area (Å²) in [4.78, 5) is 11.9. The minimum Gasteiger partial charge on any atom is -0.352 e. The van der Waals surface area contributed by atoms with Gasteiger partial charge in [0.15, 0.2) is 0 Å². The van der Waals surface area contributed by atoms with Gasteiger partial charge in [0.1, 0.15) is 5.92 Å². The lowest BCUT2D eigenvalue weighted by molar-refractivity contribution is -0.125. The van der Waals surface area contributed by atoms with Crippen molar-refractivity contribution in [2.75, 3.05) is 0 Å². The summed E-state index contributed by atoms with van der Waals surface area (Å²) in [6.45, 7) is 3.83. The number of carbonyl (C=O) groups excluding carboxylic acids is 1. The maximum absolute atomic E-state index is 11.9. The standard InChI is InChI=1S/C13H22N2O/c1-10(2)12(9-14)13(16)15-11-7-5-3-4-6-8-11/h10-12H,3-8H2,1-2H3,(H,15,16). The normalized spacial score (nSPS) is 19.9. The van der Waals surface area contributed by atoms with E-state index in [9.17, 15) is 4.79 Å². The highest BCUT2D eigenvalue weighted by atomic mass is 16.1. The summed E-state index contributed by atoms with van der Waals surface area (Å²) >= 11 is 0. The van der Waals surface area contributed by atoms with E-state index in [1.54, 1.807) is 0 Å². The predicted molar refractivity (Wildman–Crippen MR) is 63.6 cm³/mol. The minimum absolute atomic E-state index is 0.0793. The van der Waals surface area contributed by atoms with Crippen LogP contribution in [0.15, 0.2) is 0 Å². The molecule has 1 rings (SSSR count). The molecule has 1 saturated carbocycles. The summed E-state index contributed by atoms with van der Waals surface area (Å²) in [5, 5.41) is 12.0. The molecule has 90 valence electrons. The van der Waals surface area contributed by atoms with E-state index in [2.05, 4.69) is 11.4 Å². The third-order valence-corrected chi connectivity index (χ3v) is 3.29. The maximum Gasteiger partial charge on any atom is 0.237 e. The van der Waals surface area contributed by atoms with Crippen LogP contribution in [0.1, 0.15) is 52.4 Å². The number of carbonyl (C=O) groups is 1. The quantitative estimate of drug-likeness (QED) is 0.746. The summed E-state index contributed by atoms with van der Waals surface area (Å²) in [5.41, 5.74) is 0.